The predicted molar refractivity (Wildman–Crippen MR) is 114 cm³/mol. The molecule has 0 bridgehead atoms. The van der Waals surface area contributed by atoms with Crippen LogP contribution in [0.1, 0.15) is 5.56 Å². The maximum atomic E-state index is 12.5. The third-order valence-corrected chi connectivity index (χ3v) is 4.51. The summed E-state index contributed by atoms with van der Waals surface area (Å²) in [7, 11) is 0. The number of carbonyl (C=O) groups excluding carboxylic acids is 1. The Kier molecular flexibility index (Phi) is 5.27. The van der Waals surface area contributed by atoms with Crippen LogP contribution in [0.25, 0.3) is 28.4 Å². The van der Waals surface area contributed by atoms with Gasteiger partial charge >= 0.3 is 5.97 Å². The van der Waals surface area contributed by atoms with Crippen LogP contribution in [0.4, 0.5) is 0 Å². The smallest absolute Gasteiger partial charge is 0.336 e. The molecule has 0 saturated heterocycles. The number of hydrogen-bond donors (Lipinski definition) is 0. The Balaban J connectivity index is 1.56. The number of halogens is 1. The molecular formula is C24H15ClO4. The van der Waals surface area contributed by atoms with Gasteiger partial charge in [0.1, 0.15) is 17.1 Å². The van der Waals surface area contributed by atoms with Crippen LogP contribution < -0.4 is 10.2 Å². The molecule has 0 amide bonds. The summed E-state index contributed by atoms with van der Waals surface area (Å²) in [5, 5.41) is 0.965. The quantitative estimate of drug-likeness (QED) is 0.248. The lowest BCUT2D eigenvalue weighted by atomic mass is 10.1. The minimum atomic E-state index is -0.551. The van der Waals surface area contributed by atoms with Crippen molar-refractivity contribution in [1.29, 1.82) is 0 Å². The summed E-state index contributed by atoms with van der Waals surface area (Å²) in [5.41, 5.74) is 1.85. The Morgan fingerprint density at radius 1 is 0.931 bits per heavy atom. The Bertz CT molecular complexity index is 1260. The first-order chi connectivity index (χ1) is 14.1. The van der Waals surface area contributed by atoms with Gasteiger partial charge in [0.05, 0.1) is 5.39 Å². The van der Waals surface area contributed by atoms with Gasteiger partial charge in [-0.25, -0.2) is 4.79 Å². The van der Waals surface area contributed by atoms with Gasteiger partial charge in [-0.2, -0.15) is 0 Å². The SMILES string of the molecule is O=C(/C=C/c1ccc(Cl)cc1)Oc1ccc2oc(-c3ccccc3)cc(=O)c2c1. The summed E-state index contributed by atoms with van der Waals surface area (Å²) in [6.07, 6.45) is 2.94. The summed E-state index contributed by atoms with van der Waals surface area (Å²) in [4.78, 5) is 24.6. The number of hydrogen-bond acceptors (Lipinski definition) is 4. The fraction of sp³-hybridized carbons (Fsp3) is 0. The predicted octanol–water partition coefficient (Wildman–Crippen LogP) is 5.73. The zero-order valence-corrected chi connectivity index (χ0v) is 15.9. The molecule has 4 nitrogen and oxygen atoms in total. The van der Waals surface area contributed by atoms with Crippen LogP contribution in [0.2, 0.25) is 5.02 Å². The van der Waals surface area contributed by atoms with Gasteiger partial charge in [0, 0.05) is 22.7 Å². The van der Waals surface area contributed by atoms with Crippen LogP contribution in [0.3, 0.4) is 0 Å². The molecule has 0 spiro atoms. The van der Waals surface area contributed by atoms with E-state index in [0.717, 1.165) is 11.1 Å². The number of rotatable bonds is 4. The van der Waals surface area contributed by atoms with E-state index in [1.165, 1.54) is 18.2 Å². The molecule has 0 fully saturated rings. The van der Waals surface area contributed by atoms with E-state index in [4.69, 9.17) is 20.8 Å². The van der Waals surface area contributed by atoms with Crippen LogP contribution in [0, 0.1) is 0 Å². The number of esters is 1. The zero-order chi connectivity index (χ0) is 20.2. The van der Waals surface area contributed by atoms with Gasteiger partial charge in [0.25, 0.3) is 0 Å². The molecule has 3 aromatic carbocycles. The lowest BCUT2D eigenvalue weighted by Gasteiger charge is -2.05. The van der Waals surface area contributed by atoms with E-state index in [-0.39, 0.29) is 11.2 Å². The fourth-order valence-corrected chi connectivity index (χ4v) is 2.96. The van der Waals surface area contributed by atoms with E-state index >= 15 is 0 Å². The number of fused-ring (bicyclic) bond motifs is 1. The van der Waals surface area contributed by atoms with Gasteiger partial charge in [-0.1, -0.05) is 54.1 Å². The summed E-state index contributed by atoms with van der Waals surface area (Å²) in [5.74, 6) is 0.200. The zero-order valence-electron chi connectivity index (χ0n) is 15.2. The molecule has 29 heavy (non-hydrogen) atoms. The normalized spacial score (nSPS) is 11.1. The number of benzene rings is 3. The van der Waals surface area contributed by atoms with Crippen molar-refractivity contribution in [3.63, 3.8) is 0 Å². The molecular weight excluding hydrogens is 388 g/mol. The van der Waals surface area contributed by atoms with Crippen LogP contribution in [0.5, 0.6) is 5.75 Å². The number of ether oxygens (including phenoxy) is 1. The summed E-state index contributed by atoms with van der Waals surface area (Å²) in [6, 6.07) is 22.6. The third-order valence-electron chi connectivity index (χ3n) is 4.26. The highest BCUT2D eigenvalue weighted by molar-refractivity contribution is 6.30. The second-order valence-corrected chi connectivity index (χ2v) is 6.74. The van der Waals surface area contributed by atoms with E-state index in [1.807, 2.05) is 30.3 Å². The molecule has 0 atom stereocenters. The maximum Gasteiger partial charge on any atom is 0.336 e. The molecule has 0 aliphatic carbocycles. The second-order valence-electron chi connectivity index (χ2n) is 6.30. The standard InChI is InChI=1S/C24H15ClO4/c25-18-9-6-16(7-10-18)8-13-24(27)28-19-11-12-22-20(14-19)21(26)15-23(29-22)17-4-2-1-3-5-17/h1-15H/b13-8+. The van der Waals surface area contributed by atoms with Crippen molar-refractivity contribution in [2.24, 2.45) is 0 Å². The Hall–Kier alpha value is -3.63. The monoisotopic (exact) mass is 402 g/mol. The highest BCUT2D eigenvalue weighted by atomic mass is 35.5. The Labute approximate surface area is 171 Å². The minimum Gasteiger partial charge on any atom is -0.456 e. The molecule has 0 aliphatic heterocycles. The van der Waals surface area contributed by atoms with Crippen LogP contribution in [-0.4, -0.2) is 5.97 Å². The van der Waals surface area contributed by atoms with Crippen molar-refractivity contribution in [1.82, 2.24) is 0 Å². The van der Waals surface area contributed by atoms with Crippen LogP contribution in [-0.2, 0) is 4.79 Å². The molecule has 0 radical (unpaired) electrons. The average molecular weight is 403 g/mol. The van der Waals surface area contributed by atoms with Crippen LogP contribution >= 0.6 is 11.6 Å². The lowest BCUT2D eigenvalue weighted by molar-refractivity contribution is -0.128. The Morgan fingerprint density at radius 3 is 2.45 bits per heavy atom. The molecule has 5 heteroatoms. The first-order valence-corrected chi connectivity index (χ1v) is 9.25. The van der Waals surface area contributed by atoms with Crippen molar-refractivity contribution in [2.75, 3.05) is 0 Å². The summed E-state index contributed by atoms with van der Waals surface area (Å²) >= 11 is 5.84. The van der Waals surface area contributed by atoms with E-state index in [1.54, 1.807) is 42.5 Å². The lowest BCUT2D eigenvalue weighted by Crippen LogP contribution is -2.05. The highest BCUT2D eigenvalue weighted by Gasteiger charge is 2.09. The van der Waals surface area contributed by atoms with Crippen molar-refractivity contribution in [3.8, 4) is 17.1 Å². The molecule has 0 saturated carbocycles. The summed E-state index contributed by atoms with van der Waals surface area (Å²) in [6.45, 7) is 0. The third kappa shape index (κ3) is 4.45. The topological polar surface area (TPSA) is 56.5 Å². The van der Waals surface area contributed by atoms with E-state index in [2.05, 4.69) is 0 Å². The fourth-order valence-electron chi connectivity index (χ4n) is 2.83. The van der Waals surface area contributed by atoms with E-state index in [0.29, 0.717) is 21.8 Å². The van der Waals surface area contributed by atoms with E-state index < -0.39 is 5.97 Å². The van der Waals surface area contributed by atoms with Crippen molar-refractivity contribution < 1.29 is 13.9 Å². The van der Waals surface area contributed by atoms with Gasteiger partial charge in [-0.3, -0.25) is 4.79 Å². The van der Waals surface area contributed by atoms with Crippen molar-refractivity contribution >= 4 is 34.6 Å². The second kappa shape index (κ2) is 8.17. The average Bonchev–Trinajstić information content (AvgIpc) is 2.74. The summed E-state index contributed by atoms with van der Waals surface area (Å²) < 4.78 is 11.1. The van der Waals surface area contributed by atoms with Gasteiger partial charge in [0.2, 0.25) is 0 Å². The van der Waals surface area contributed by atoms with Gasteiger partial charge in [0.15, 0.2) is 5.43 Å². The van der Waals surface area contributed by atoms with Crippen molar-refractivity contribution in [3.05, 3.63) is 106 Å². The maximum absolute atomic E-state index is 12.5. The first kappa shape index (κ1) is 18.7. The van der Waals surface area contributed by atoms with E-state index in [9.17, 15) is 9.59 Å². The molecule has 1 heterocycles. The molecule has 4 rings (SSSR count). The molecule has 1 aromatic heterocycles. The van der Waals surface area contributed by atoms with Gasteiger partial charge < -0.3 is 9.15 Å². The van der Waals surface area contributed by atoms with Crippen LogP contribution in [0.15, 0.2) is 94.2 Å². The number of carbonyl (C=O) groups is 1. The first-order valence-electron chi connectivity index (χ1n) is 8.87. The molecule has 0 unspecified atom stereocenters. The molecule has 4 aromatic rings. The molecule has 0 N–H and O–H groups in total. The van der Waals surface area contributed by atoms with Crippen molar-refractivity contribution in [2.45, 2.75) is 0 Å². The highest BCUT2D eigenvalue weighted by Crippen LogP contribution is 2.24. The minimum absolute atomic E-state index is 0.209. The van der Waals surface area contributed by atoms with Gasteiger partial charge in [-0.15, -0.1) is 0 Å². The Morgan fingerprint density at radius 2 is 1.69 bits per heavy atom. The largest absolute Gasteiger partial charge is 0.456 e. The molecule has 142 valence electrons. The van der Waals surface area contributed by atoms with Gasteiger partial charge in [-0.05, 0) is 42.0 Å². The molecule has 0 aliphatic rings.